The molecule has 1 aromatic rings. The topological polar surface area (TPSA) is 72.3 Å². The van der Waals surface area contributed by atoms with E-state index >= 15 is 0 Å². The van der Waals surface area contributed by atoms with E-state index in [2.05, 4.69) is 6.58 Å². The van der Waals surface area contributed by atoms with Crippen LogP contribution in [0.1, 0.15) is 25.6 Å². The summed E-state index contributed by atoms with van der Waals surface area (Å²) in [6.45, 7) is 9.36. The molecule has 104 valence electrons. The van der Waals surface area contributed by atoms with Crippen LogP contribution in [0.4, 0.5) is 5.69 Å². The van der Waals surface area contributed by atoms with Crippen molar-refractivity contribution in [2.45, 2.75) is 20.8 Å². The summed E-state index contributed by atoms with van der Waals surface area (Å²) in [6, 6.07) is 1.82. The number of nitrogens with two attached hydrogens (primary N) is 2. The Morgan fingerprint density at radius 1 is 1.42 bits per heavy atom. The third-order valence-electron chi connectivity index (χ3n) is 2.13. The van der Waals surface area contributed by atoms with E-state index in [-0.39, 0.29) is 5.76 Å². The van der Waals surface area contributed by atoms with Crippen LogP contribution in [0, 0.1) is 0 Å². The van der Waals surface area contributed by atoms with Crippen LogP contribution in [0.2, 0.25) is 0 Å². The van der Waals surface area contributed by atoms with Crippen LogP contribution in [0.3, 0.4) is 0 Å². The number of rotatable bonds is 4. The van der Waals surface area contributed by atoms with E-state index < -0.39 is 0 Å². The Hall–Kier alpha value is -1.94. The normalized spacial score (nSPS) is 12.7. The van der Waals surface area contributed by atoms with Crippen molar-refractivity contribution in [3.05, 3.63) is 58.2 Å². The maximum atomic E-state index is 9.68. The zero-order chi connectivity index (χ0) is 14.8. The highest BCUT2D eigenvalue weighted by Gasteiger charge is 2.05. The van der Waals surface area contributed by atoms with E-state index in [1.54, 1.807) is 18.2 Å². The average molecular weight is 278 g/mol. The van der Waals surface area contributed by atoms with E-state index in [0.29, 0.717) is 17.0 Å². The number of hydrogen-bond donors (Lipinski definition) is 3. The van der Waals surface area contributed by atoms with Gasteiger partial charge in [-0.2, -0.15) is 0 Å². The molecule has 0 atom stereocenters. The van der Waals surface area contributed by atoms with Gasteiger partial charge in [-0.1, -0.05) is 32.6 Å². The van der Waals surface area contributed by atoms with Crippen molar-refractivity contribution in [3.63, 3.8) is 0 Å². The van der Waals surface area contributed by atoms with Crippen LogP contribution < -0.4 is 11.5 Å². The first-order valence-corrected chi connectivity index (χ1v) is 6.97. The number of allylic oxidation sites excluding steroid dienone is 3. The fraction of sp³-hybridized carbons (Fsp3) is 0.200. The van der Waals surface area contributed by atoms with Crippen LogP contribution in [0.15, 0.2) is 53.3 Å². The monoisotopic (exact) mass is 278 g/mol. The molecule has 0 spiro atoms. The summed E-state index contributed by atoms with van der Waals surface area (Å²) in [6.07, 6.45) is 6.63. The van der Waals surface area contributed by atoms with E-state index in [4.69, 9.17) is 11.5 Å². The highest BCUT2D eigenvalue weighted by molar-refractivity contribution is 7.11. The smallest absolute Gasteiger partial charge is 0.124 e. The lowest BCUT2D eigenvalue weighted by Crippen LogP contribution is -2.02. The Morgan fingerprint density at radius 3 is 2.47 bits per heavy atom. The minimum absolute atomic E-state index is 0.0481. The molecule has 1 rings (SSSR count). The third-order valence-corrected chi connectivity index (χ3v) is 3.01. The molecule has 5 N–H and O–H groups in total. The van der Waals surface area contributed by atoms with Gasteiger partial charge in [0.25, 0.3) is 0 Å². The summed E-state index contributed by atoms with van der Waals surface area (Å²) in [5, 5.41) is 11.6. The zero-order valence-electron chi connectivity index (χ0n) is 11.7. The first kappa shape index (κ1) is 17.1. The molecule has 0 radical (unpaired) electrons. The van der Waals surface area contributed by atoms with Gasteiger partial charge in [0, 0.05) is 17.0 Å². The number of hydrogen-bond acceptors (Lipinski definition) is 4. The molecule has 3 nitrogen and oxygen atoms in total. The van der Waals surface area contributed by atoms with E-state index in [0.717, 1.165) is 4.88 Å². The van der Waals surface area contributed by atoms with Gasteiger partial charge in [-0.25, -0.2) is 0 Å². The number of anilines is 1. The summed E-state index contributed by atoms with van der Waals surface area (Å²) in [7, 11) is 0. The minimum Gasteiger partial charge on any atom is -0.507 e. The first-order valence-electron chi connectivity index (χ1n) is 6.09. The van der Waals surface area contributed by atoms with Crippen LogP contribution in [0.5, 0.6) is 0 Å². The van der Waals surface area contributed by atoms with Gasteiger partial charge < -0.3 is 16.6 Å². The molecule has 0 aliphatic rings. The molecule has 0 saturated heterocycles. The standard InChI is InChI=1S/C13H16N2OS.C2H6/c1-3-5-9(12(16)4-2)11(15)8-13-10(14)6-7-17-13;1-2/h3-8,16H,2,14-15H2,1H3;1-2H3/b5-3-,11-8-,12-9-;. The van der Waals surface area contributed by atoms with Gasteiger partial charge in [-0.3, -0.25) is 0 Å². The third kappa shape index (κ3) is 5.06. The van der Waals surface area contributed by atoms with Crippen LogP contribution in [-0.2, 0) is 0 Å². The van der Waals surface area contributed by atoms with Crippen LogP contribution in [-0.4, -0.2) is 5.11 Å². The van der Waals surface area contributed by atoms with E-state index in [1.807, 2.05) is 32.2 Å². The Kier molecular flexibility index (Phi) is 8.13. The molecule has 0 bridgehead atoms. The molecule has 1 heterocycles. The molecule has 0 aromatic carbocycles. The largest absolute Gasteiger partial charge is 0.507 e. The van der Waals surface area contributed by atoms with Gasteiger partial charge in [0.2, 0.25) is 0 Å². The molecule has 0 aliphatic heterocycles. The lowest BCUT2D eigenvalue weighted by molar-refractivity contribution is 0.429. The molecule has 0 fully saturated rings. The molecule has 0 saturated carbocycles. The lowest BCUT2D eigenvalue weighted by atomic mass is 10.1. The van der Waals surface area contributed by atoms with Crippen molar-refractivity contribution in [2.75, 3.05) is 5.73 Å². The maximum absolute atomic E-state index is 9.68. The predicted octanol–water partition coefficient (Wildman–Crippen LogP) is 4.23. The van der Waals surface area contributed by atoms with Gasteiger partial charge in [0.15, 0.2) is 0 Å². The van der Waals surface area contributed by atoms with Crippen molar-refractivity contribution in [2.24, 2.45) is 5.73 Å². The average Bonchev–Trinajstić information content (AvgIpc) is 2.83. The molecular weight excluding hydrogens is 256 g/mol. The summed E-state index contributed by atoms with van der Waals surface area (Å²) < 4.78 is 0. The first-order chi connectivity index (χ1) is 9.10. The van der Waals surface area contributed by atoms with Gasteiger partial charge in [-0.15, -0.1) is 11.3 Å². The Labute approximate surface area is 119 Å². The molecule has 19 heavy (non-hydrogen) atoms. The van der Waals surface area contributed by atoms with Crippen LogP contribution in [0.25, 0.3) is 6.08 Å². The van der Waals surface area contributed by atoms with Crippen molar-refractivity contribution < 1.29 is 5.11 Å². The predicted molar refractivity (Wildman–Crippen MR) is 86.9 cm³/mol. The number of aliphatic hydroxyl groups excluding tert-OH is 1. The molecule has 1 aromatic heterocycles. The second-order valence-electron chi connectivity index (χ2n) is 3.34. The Balaban J connectivity index is 0.00000154. The second kappa shape index (κ2) is 9.05. The van der Waals surface area contributed by atoms with Crippen molar-refractivity contribution in [3.8, 4) is 0 Å². The van der Waals surface area contributed by atoms with Gasteiger partial charge in [0.1, 0.15) is 5.76 Å². The molecule has 4 heteroatoms. The van der Waals surface area contributed by atoms with E-state index in [9.17, 15) is 5.11 Å². The molecule has 0 unspecified atom stereocenters. The number of aliphatic hydroxyl groups is 1. The van der Waals surface area contributed by atoms with Gasteiger partial charge in [0.05, 0.1) is 4.88 Å². The highest BCUT2D eigenvalue weighted by atomic mass is 32.1. The fourth-order valence-corrected chi connectivity index (χ4v) is 2.03. The summed E-state index contributed by atoms with van der Waals surface area (Å²) in [5.41, 5.74) is 13.4. The van der Waals surface area contributed by atoms with Crippen molar-refractivity contribution in [1.82, 2.24) is 0 Å². The molecule has 0 amide bonds. The number of nitrogen functional groups attached to an aromatic ring is 1. The fourth-order valence-electron chi connectivity index (χ4n) is 1.27. The van der Waals surface area contributed by atoms with E-state index in [1.165, 1.54) is 17.4 Å². The second-order valence-corrected chi connectivity index (χ2v) is 4.29. The Bertz CT molecular complexity index is 496. The Morgan fingerprint density at radius 2 is 2.05 bits per heavy atom. The zero-order valence-corrected chi connectivity index (χ0v) is 12.5. The van der Waals surface area contributed by atoms with Crippen LogP contribution >= 0.6 is 11.3 Å². The molecule has 0 aliphatic carbocycles. The number of thiophene rings is 1. The molecular formula is C15H22N2OS. The van der Waals surface area contributed by atoms with Gasteiger partial charge in [-0.05, 0) is 30.5 Å². The SMILES string of the molecule is C=C/C(O)=C(\C=C/C)C(/N)=C/c1sccc1N.CC. The summed E-state index contributed by atoms with van der Waals surface area (Å²) in [4.78, 5) is 0.876. The minimum atomic E-state index is 0.0481. The lowest BCUT2D eigenvalue weighted by Gasteiger charge is -2.04. The van der Waals surface area contributed by atoms with Crippen molar-refractivity contribution in [1.29, 1.82) is 0 Å². The quantitative estimate of drug-likeness (QED) is 0.570. The summed E-state index contributed by atoms with van der Waals surface area (Å²) >= 11 is 1.50. The van der Waals surface area contributed by atoms with Crippen molar-refractivity contribution >= 4 is 23.1 Å². The summed E-state index contributed by atoms with van der Waals surface area (Å²) in [5.74, 6) is 0.0481. The van der Waals surface area contributed by atoms with Gasteiger partial charge >= 0.3 is 0 Å². The highest BCUT2D eigenvalue weighted by Crippen LogP contribution is 2.23. The maximum Gasteiger partial charge on any atom is 0.124 e.